The van der Waals surface area contributed by atoms with E-state index >= 15 is 0 Å². The van der Waals surface area contributed by atoms with E-state index in [0.29, 0.717) is 5.69 Å². The van der Waals surface area contributed by atoms with E-state index in [1.807, 2.05) is 0 Å². The minimum atomic E-state index is -3.96. The number of carbonyl (C=O) groups excluding carboxylic acids is 3. The number of nitrogens with one attached hydrogen (secondary N) is 2. The van der Waals surface area contributed by atoms with Crippen molar-refractivity contribution in [3.8, 4) is 0 Å². The summed E-state index contributed by atoms with van der Waals surface area (Å²) in [5.41, 5.74) is 0.110. The van der Waals surface area contributed by atoms with E-state index in [1.165, 1.54) is 48.8 Å². The summed E-state index contributed by atoms with van der Waals surface area (Å²) in [6.45, 7) is 1.75. The molecule has 0 saturated carbocycles. The molecule has 0 unspecified atom stereocenters. The minimum absolute atomic E-state index is 0.0243. The average Bonchev–Trinajstić information content (AvgIpc) is 3.08. The summed E-state index contributed by atoms with van der Waals surface area (Å²) >= 11 is 6.17. The van der Waals surface area contributed by atoms with Gasteiger partial charge >= 0.3 is 5.97 Å². The minimum Gasteiger partial charge on any atom is -0.462 e. The number of imide groups is 1. The summed E-state index contributed by atoms with van der Waals surface area (Å²) < 4.78 is 32.4. The van der Waals surface area contributed by atoms with Gasteiger partial charge in [-0.1, -0.05) is 23.7 Å². The first kappa shape index (κ1) is 24.8. The fourth-order valence-corrected chi connectivity index (χ4v) is 4.44. The molecule has 0 fully saturated rings. The van der Waals surface area contributed by atoms with Gasteiger partial charge in [-0.15, -0.1) is 0 Å². The molecule has 1 aromatic heterocycles. The maximum Gasteiger partial charge on any atom is 0.340 e. The largest absolute Gasteiger partial charge is 0.462 e. The van der Waals surface area contributed by atoms with Crippen molar-refractivity contribution >= 4 is 56.7 Å². The Labute approximate surface area is 210 Å². The zero-order chi connectivity index (χ0) is 25.9. The van der Waals surface area contributed by atoms with E-state index < -0.39 is 32.8 Å². The normalized spacial score (nSPS) is 13.7. The number of benzene rings is 2. The molecule has 13 heteroatoms. The zero-order valence-corrected chi connectivity index (χ0v) is 20.2. The quantitative estimate of drug-likeness (QED) is 0.333. The molecule has 2 amide bonds. The lowest BCUT2D eigenvalue weighted by atomic mass is 10.1. The van der Waals surface area contributed by atoms with Crippen LogP contribution in [0.3, 0.4) is 0 Å². The Bertz CT molecular complexity index is 1480. The molecule has 2 aromatic carbocycles. The van der Waals surface area contributed by atoms with Gasteiger partial charge in [-0.25, -0.2) is 32.8 Å². The van der Waals surface area contributed by atoms with Crippen LogP contribution in [0, 0.1) is 0 Å². The van der Waals surface area contributed by atoms with E-state index in [1.54, 1.807) is 25.1 Å². The van der Waals surface area contributed by atoms with Crippen molar-refractivity contribution in [3.63, 3.8) is 0 Å². The third kappa shape index (κ3) is 4.90. The molecular formula is C23H18ClN5O6S. The summed E-state index contributed by atoms with van der Waals surface area (Å²) in [7, 11) is -3.96. The van der Waals surface area contributed by atoms with E-state index in [0.717, 1.165) is 4.90 Å². The van der Waals surface area contributed by atoms with Gasteiger partial charge in [0.05, 0.1) is 22.8 Å². The number of esters is 1. The van der Waals surface area contributed by atoms with Crippen LogP contribution >= 0.6 is 11.6 Å². The number of hydrogen-bond acceptors (Lipinski definition) is 9. The van der Waals surface area contributed by atoms with Crippen molar-refractivity contribution < 1.29 is 27.5 Å². The van der Waals surface area contributed by atoms with E-state index in [2.05, 4.69) is 20.0 Å². The molecule has 2 heterocycles. The number of hydrogen-bond donors (Lipinski definition) is 2. The van der Waals surface area contributed by atoms with Gasteiger partial charge in [-0.3, -0.25) is 9.59 Å². The van der Waals surface area contributed by atoms with E-state index in [9.17, 15) is 22.8 Å². The third-order valence-corrected chi connectivity index (χ3v) is 6.59. The summed E-state index contributed by atoms with van der Waals surface area (Å²) in [6.07, 6.45) is 2.79. The monoisotopic (exact) mass is 527 g/mol. The van der Waals surface area contributed by atoms with Crippen LogP contribution in [0.25, 0.3) is 0 Å². The van der Waals surface area contributed by atoms with Crippen LogP contribution in [-0.2, 0) is 24.3 Å². The van der Waals surface area contributed by atoms with Gasteiger partial charge in [0.25, 0.3) is 21.8 Å². The van der Waals surface area contributed by atoms with Gasteiger partial charge in [-0.05, 0) is 49.4 Å². The standard InChI is InChI=1S/C23H18ClN5O6S/c1-2-35-22(32)16-6-3-4-7-17(16)29-20(30)18(24)19(21(29)31)27-14-8-10-15(11-9-14)36(33,34)28-23-25-12-5-13-26-23/h3-13,27H,2H2,1H3,(H,25,26,28). The number of aromatic nitrogens is 2. The second-order valence-corrected chi connectivity index (χ2v) is 9.26. The number of halogens is 1. The Morgan fingerprint density at radius 1 is 1.00 bits per heavy atom. The third-order valence-electron chi connectivity index (χ3n) is 4.89. The molecule has 0 spiro atoms. The van der Waals surface area contributed by atoms with Crippen molar-refractivity contribution in [2.75, 3.05) is 21.5 Å². The van der Waals surface area contributed by atoms with Crippen molar-refractivity contribution in [2.24, 2.45) is 0 Å². The van der Waals surface area contributed by atoms with Gasteiger partial charge in [0, 0.05) is 18.1 Å². The molecule has 2 N–H and O–H groups in total. The molecule has 1 aliphatic heterocycles. The Morgan fingerprint density at radius 2 is 1.67 bits per heavy atom. The molecule has 4 rings (SSSR count). The van der Waals surface area contributed by atoms with Crippen LogP contribution in [0.15, 0.2) is 82.6 Å². The Balaban J connectivity index is 1.55. The maximum absolute atomic E-state index is 13.1. The highest BCUT2D eigenvalue weighted by atomic mass is 35.5. The first-order valence-electron chi connectivity index (χ1n) is 10.4. The zero-order valence-electron chi connectivity index (χ0n) is 18.6. The van der Waals surface area contributed by atoms with Crippen LogP contribution in [0.2, 0.25) is 0 Å². The number of para-hydroxylation sites is 1. The van der Waals surface area contributed by atoms with Gasteiger partial charge in [0.15, 0.2) is 0 Å². The lowest BCUT2D eigenvalue weighted by molar-refractivity contribution is -0.120. The number of ether oxygens (including phenoxy) is 1. The molecule has 0 atom stereocenters. The van der Waals surface area contributed by atoms with Crippen molar-refractivity contribution in [2.45, 2.75) is 11.8 Å². The number of nitrogens with zero attached hydrogens (tertiary/aromatic N) is 3. The lowest BCUT2D eigenvalue weighted by Crippen LogP contribution is -2.33. The molecule has 11 nitrogen and oxygen atoms in total. The van der Waals surface area contributed by atoms with Gasteiger partial charge < -0.3 is 10.1 Å². The highest BCUT2D eigenvalue weighted by Gasteiger charge is 2.40. The van der Waals surface area contributed by atoms with Gasteiger partial charge in [0.2, 0.25) is 5.95 Å². The summed E-state index contributed by atoms with van der Waals surface area (Å²) in [4.78, 5) is 46.6. The number of carbonyl (C=O) groups is 3. The average molecular weight is 528 g/mol. The fourth-order valence-electron chi connectivity index (χ4n) is 3.27. The Hall–Kier alpha value is -4.29. The summed E-state index contributed by atoms with van der Waals surface area (Å²) in [6, 6.07) is 12.9. The smallest absolute Gasteiger partial charge is 0.340 e. The molecule has 0 bridgehead atoms. The number of rotatable bonds is 8. The number of amides is 2. The van der Waals surface area contributed by atoms with Crippen molar-refractivity contribution in [1.29, 1.82) is 0 Å². The summed E-state index contributed by atoms with van der Waals surface area (Å²) in [5.74, 6) is -2.40. The van der Waals surface area contributed by atoms with Gasteiger partial charge in [-0.2, -0.15) is 0 Å². The SMILES string of the molecule is CCOC(=O)c1ccccc1N1C(=O)C(Cl)=C(Nc2ccc(S(=O)(=O)Nc3ncccn3)cc2)C1=O. The molecule has 1 aliphatic rings. The van der Waals surface area contributed by atoms with E-state index in [-0.39, 0.29) is 34.4 Å². The first-order chi connectivity index (χ1) is 17.2. The van der Waals surface area contributed by atoms with Crippen LogP contribution < -0.4 is 14.9 Å². The molecule has 36 heavy (non-hydrogen) atoms. The van der Waals surface area contributed by atoms with Crippen LogP contribution in [0.1, 0.15) is 17.3 Å². The second kappa shape index (κ2) is 10.1. The first-order valence-corrected chi connectivity index (χ1v) is 12.3. The molecule has 0 aliphatic carbocycles. The van der Waals surface area contributed by atoms with Crippen LogP contribution in [0.5, 0.6) is 0 Å². The molecule has 0 radical (unpaired) electrons. The van der Waals surface area contributed by atoms with Crippen LogP contribution in [-0.4, -0.2) is 42.8 Å². The Morgan fingerprint density at radius 3 is 2.33 bits per heavy atom. The number of anilines is 3. The van der Waals surface area contributed by atoms with Crippen molar-refractivity contribution in [3.05, 3.63) is 83.3 Å². The van der Waals surface area contributed by atoms with Gasteiger partial charge in [0.1, 0.15) is 10.7 Å². The molecule has 184 valence electrons. The summed E-state index contributed by atoms with van der Waals surface area (Å²) in [5, 5.41) is 2.36. The highest BCUT2D eigenvalue weighted by molar-refractivity contribution is 7.92. The second-order valence-electron chi connectivity index (χ2n) is 7.20. The fraction of sp³-hybridized carbons (Fsp3) is 0.0870. The lowest BCUT2D eigenvalue weighted by Gasteiger charge is -2.18. The molecular weight excluding hydrogens is 510 g/mol. The molecule has 3 aromatic rings. The number of sulfonamides is 1. The van der Waals surface area contributed by atoms with Crippen molar-refractivity contribution in [1.82, 2.24) is 9.97 Å². The highest BCUT2D eigenvalue weighted by Crippen LogP contribution is 2.32. The predicted molar refractivity (Wildman–Crippen MR) is 131 cm³/mol. The topological polar surface area (TPSA) is 148 Å². The molecule has 0 saturated heterocycles. The Kier molecular flexibility index (Phi) is 6.99. The van der Waals surface area contributed by atoms with E-state index in [4.69, 9.17) is 16.3 Å². The van der Waals surface area contributed by atoms with Crippen LogP contribution in [0.4, 0.5) is 17.3 Å². The predicted octanol–water partition coefficient (Wildman–Crippen LogP) is 2.89. The maximum atomic E-state index is 13.1.